The number of aliphatic carboxylic acids is 1. The summed E-state index contributed by atoms with van der Waals surface area (Å²) >= 11 is 6.03. The zero-order chi connectivity index (χ0) is 31.9. The highest BCUT2D eigenvalue weighted by Gasteiger charge is 2.34. The van der Waals surface area contributed by atoms with E-state index >= 15 is 0 Å². The van der Waals surface area contributed by atoms with Gasteiger partial charge in [0.15, 0.2) is 12.6 Å². The molecule has 3 aromatic rings. The maximum absolute atomic E-state index is 12.9. The fraction of sp³-hybridized carbons (Fsp3) is 0.333. The van der Waals surface area contributed by atoms with Crippen molar-refractivity contribution in [3.8, 4) is 6.01 Å². The quantitative estimate of drug-likeness (QED) is 0.0983. The Labute approximate surface area is 254 Å². The van der Waals surface area contributed by atoms with Gasteiger partial charge in [-0.15, -0.1) is 0 Å². The van der Waals surface area contributed by atoms with Crippen molar-refractivity contribution >= 4 is 52.7 Å². The number of carboxylic acid groups (broad SMARTS) is 1. The van der Waals surface area contributed by atoms with Crippen molar-refractivity contribution in [3.63, 3.8) is 0 Å². The molecule has 0 bridgehead atoms. The first-order chi connectivity index (χ1) is 20.9. The van der Waals surface area contributed by atoms with Gasteiger partial charge in [0.1, 0.15) is 6.04 Å². The maximum atomic E-state index is 12.9. The number of alkyl halides is 3. The number of aromatic nitrogens is 3. The third-order valence-electron chi connectivity index (χ3n) is 6.15. The van der Waals surface area contributed by atoms with E-state index in [9.17, 15) is 27.9 Å². The Morgan fingerprint density at radius 2 is 1.77 bits per heavy atom. The summed E-state index contributed by atoms with van der Waals surface area (Å²) in [6.45, 7) is -1.39. The van der Waals surface area contributed by atoms with E-state index in [0.29, 0.717) is 22.8 Å². The number of hydrogen-bond donors (Lipinski definition) is 5. The van der Waals surface area contributed by atoms with E-state index in [-0.39, 0.29) is 42.4 Å². The standard InChI is InChI=1S/C27H29ClF3N9O4/c28-16-5-9-18(10-6-16)40(19-11-12-19)25-37-24(38-26(39-25)44-14-27(29,30)31)35-17-7-3-15(4-8-17)21(41)36-20(22(42)43)2-1-13-34-23(32)33/h3-10,19-20H,1-2,11-14H2,(H,36,41)(H,42,43)(H4,32,33,34)(H,35,37,38,39)/t20-/m0/s1. The van der Waals surface area contributed by atoms with Crippen molar-refractivity contribution in [1.82, 2.24) is 20.3 Å². The zero-order valence-corrected chi connectivity index (χ0v) is 23.8. The number of aliphatic imine (C=N–C) groups is 1. The van der Waals surface area contributed by atoms with Crippen LogP contribution in [0.15, 0.2) is 53.5 Å². The van der Waals surface area contributed by atoms with Gasteiger partial charge >= 0.3 is 18.2 Å². The molecule has 2 aromatic carbocycles. The van der Waals surface area contributed by atoms with Crippen LogP contribution in [0.2, 0.25) is 5.02 Å². The molecule has 0 saturated heterocycles. The Bertz CT molecular complexity index is 1480. The molecule has 1 aromatic heterocycles. The molecule has 1 amide bonds. The molecule has 13 nitrogen and oxygen atoms in total. The minimum absolute atomic E-state index is 0.0147. The van der Waals surface area contributed by atoms with Crippen LogP contribution in [0.1, 0.15) is 36.0 Å². The van der Waals surface area contributed by atoms with Gasteiger partial charge in [0, 0.05) is 34.5 Å². The monoisotopic (exact) mass is 635 g/mol. The van der Waals surface area contributed by atoms with Gasteiger partial charge < -0.3 is 36.8 Å². The van der Waals surface area contributed by atoms with E-state index in [1.54, 1.807) is 29.2 Å². The molecule has 44 heavy (non-hydrogen) atoms. The van der Waals surface area contributed by atoms with E-state index in [1.807, 2.05) is 0 Å². The lowest BCUT2D eigenvalue weighted by atomic mass is 10.1. The third-order valence-corrected chi connectivity index (χ3v) is 6.40. The number of nitrogens with zero attached hydrogens (tertiary/aromatic N) is 5. The highest BCUT2D eigenvalue weighted by atomic mass is 35.5. The minimum atomic E-state index is -4.62. The van der Waals surface area contributed by atoms with Crippen LogP contribution < -0.4 is 31.7 Å². The number of nitrogens with one attached hydrogen (secondary N) is 2. The molecule has 234 valence electrons. The van der Waals surface area contributed by atoms with Gasteiger partial charge in [-0.05, 0) is 74.2 Å². The number of amides is 1. The van der Waals surface area contributed by atoms with E-state index < -0.39 is 36.7 Å². The molecule has 4 rings (SSSR count). The molecule has 1 heterocycles. The number of carbonyl (C=O) groups is 2. The van der Waals surface area contributed by atoms with E-state index in [2.05, 4.69) is 30.6 Å². The summed E-state index contributed by atoms with van der Waals surface area (Å²) in [4.78, 5) is 42.4. The minimum Gasteiger partial charge on any atom is -0.480 e. The number of ether oxygens (including phenoxy) is 1. The molecular weight excluding hydrogens is 607 g/mol. The molecular formula is C27H29ClF3N9O4. The van der Waals surface area contributed by atoms with Crippen LogP contribution >= 0.6 is 11.6 Å². The highest BCUT2D eigenvalue weighted by molar-refractivity contribution is 6.30. The topological polar surface area (TPSA) is 194 Å². The third kappa shape index (κ3) is 9.58. The first-order valence-electron chi connectivity index (χ1n) is 13.3. The molecule has 7 N–H and O–H groups in total. The molecule has 0 aliphatic heterocycles. The lowest BCUT2D eigenvalue weighted by Crippen LogP contribution is -2.40. The lowest BCUT2D eigenvalue weighted by Gasteiger charge is -2.23. The molecule has 0 unspecified atom stereocenters. The van der Waals surface area contributed by atoms with Gasteiger partial charge in [0.2, 0.25) is 11.9 Å². The van der Waals surface area contributed by atoms with Crippen LogP contribution in [0.5, 0.6) is 6.01 Å². The molecule has 1 aliphatic rings. The molecule has 1 aliphatic carbocycles. The number of halogens is 4. The number of nitrogens with two attached hydrogens (primary N) is 2. The van der Waals surface area contributed by atoms with Crippen LogP contribution in [0.3, 0.4) is 0 Å². The highest BCUT2D eigenvalue weighted by Crippen LogP contribution is 2.38. The van der Waals surface area contributed by atoms with Gasteiger partial charge in [0.25, 0.3) is 5.91 Å². The average Bonchev–Trinajstić information content (AvgIpc) is 3.79. The summed E-state index contributed by atoms with van der Waals surface area (Å²) in [5.41, 5.74) is 11.8. The number of guanidine groups is 1. The SMILES string of the molecule is NC(N)=NCCC[C@H](NC(=O)c1ccc(Nc2nc(OCC(F)(F)F)nc(N(c3ccc(Cl)cc3)C3CC3)n2)cc1)C(=O)O. The molecule has 1 fully saturated rings. The Balaban J connectivity index is 1.51. The van der Waals surface area contributed by atoms with Gasteiger partial charge in [-0.2, -0.15) is 28.1 Å². The summed E-state index contributed by atoms with van der Waals surface area (Å²) in [5.74, 6) is -1.99. The molecule has 0 spiro atoms. The second-order valence-electron chi connectivity index (χ2n) is 9.74. The number of carboxylic acids is 1. The molecule has 0 radical (unpaired) electrons. The molecule has 1 atom stereocenters. The second kappa shape index (κ2) is 14.1. The van der Waals surface area contributed by atoms with E-state index in [1.165, 1.54) is 24.3 Å². The predicted molar refractivity (Wildman–Crippen MR) is 157 cm³/mol. The van der Waals surface area contributed by atoms with Crippen LogP contribution in [-0.4, -0.2) is 69.3 Å². The first kappa shape index (κ1) is 32.1. The Kier molecular flexibility index (Phi) is 10.3. The lowest BCUT2D eigenvalue weighted by molar-refractivity contribution is -0.154. The van der Waals surface area contributed by atoms with Crippen LogP contribution in [0.25, 0.3) is 0 Å². The molecule has 17 heteroatoms. The summed E-state index contributed by atoms with van der Waals surface area (Å²) < 4.78 is 43.6. The Morgan fingerprint density at radius 1 is 1.09 bits per heavy atom. The van der Waals surface area contributed by atoms with Crippen molar-refractivity contribution in [2.45, 2.75) is 43.9 Å². The van der Waals surface area contributed by atoms with Crippen molar-refractivity contribution < 1.29 is 32.6 Å². The maximum Gasteiger partial charge on any atom is 0.422 e. The number of hydrogen-bond acceptors (Lipinski definition) is 9. The normalized spacial score (nSPS) is 13.5. The van der Waals surface area contributed by atoms with Crippen LogP contribution in [0.4, 0.5) is 36.4 Å². The second-order valence-corrected chi connectivity index (χ2v) is 10.2. The Hall–Kier alpha value is -4.86. The number of carbonyl (C=O) groups excluding carboxylic acids is 1. The van der Waals surface area contributed by atoms with Crippen molar-refractivity contribution in [1.29, 1.82) is 0 Å². The summed E-state index contributed by atoms with van der Waals surface area (Å²) in [7, 11) is 0. The van der Waals surface area contributed by atoms with Gasteiger partial charge in [0.05, 0.1) is 0 Å². The number of anilines is 4. The van der Waals surface area contributed by atoms with Crippen molar-refractivity contribution in [3.05, 3.63) is 59.1 Å². The van der Waals surface area contributed by atoms with Gasteiger partial charge in [-0.25, -0.2) is 4.79 Å². The fourth-order valence-electron chi connectivity index (χ4n) is 3.98. The summed E-state index contributed by atoms with van der Waals surface area (Å²) in [5, 5.41) is 15.3. The smallest absolute Gasteiger partial charge is 0.422 e. The van der Waals surface area contributed by atoms with E-state index in [0.717, 1.165) is 12.8 Å². The van der Waals surface area contributed by atoms with Gasteiger partial charge in [-0.1, -0.05) is 11.6 Å². The van der Waals surface area contributed by atoms with Crippen molar-refractivity contribution in [2.75, 3.05) is 23.4 Å². The predicted octanol–water partition coefficient (Wildman–Crippen LogP) is 3.75. The molecule has 1 saturated carbocycles. The zero-order valence-electron chi connectivity index (χ0n) is 23.1. The average molecular weight is 636 g/mol. The van der Waals surface area contributed by atoms with Crippen LogP contribution in [-0.2, 0) is 4.79 Å². The Morgan fingerprint density at radius 3 is 2.36 bits per heavy atom. The fourth-order valence-corrected chi connectivity index (χ4v) is 4.11. The number of benzene rings is 2. The largest absolute Gasteiger partial charge is 0.480 e. The summed E-state index contributed by atoms with van der Waals surface area (Å²) in [6.07, 6.45) is -2.55. The van der Waals surface area contributed by atoms with Crippen molar-refractivity contribution in [2.24, 2.45) is 16.5 Å². The number of rotatable bonds is 14. The van der Waals surface area contributed by atoms with E-state index in [4.69, 9.17) is 27.8 Å². The van der Waals surface area contributed by atoms with Gasteiger partial charge in [-0.3, -0.25) is 9.79 Å². The van der Waals surface area contributed by atoms with Crippen LogP contribution in [0, 0.1) is 0 Å². The summed E-state index contributed by atoms with van der Waals surface area (Å²) in [6, 6.07) is 11.0. The first-order valence-corrected chi connectivity index (χ1v) is 13.7.